The van der Waals surface area contributed by atoms with E-state index < -0.39 is 0 Å². The molecule has 0 aromatic heterocycles. The van der Waals surface area contributed by atoms with Crippen LogP contribution in [0.25, 0.3) is 0 Å². The van der Waals surface area contributed by atoms with E-state index in [1.54, 1.807) is 18.2 Å². The van der Waals surface area contributed by atoms with E-state index in [1.165, 1.54) is 0 Å². The number of aryl methyl sites for hydroxylation is 1. The smallest absolute Gasteiger partial charge is 0.255 e. The van der Waals surface area contributed by atoms with Gasteiger partial charge in [-0.25, -0.2) is 0 Å². The first-order valence-electron chi connectivity index (χ1n) is 6.41. The third kappa shape index (κ3) is 2.91. The average molecular weight is 270 g/mol. The van der Waals surface area contributed by atoms with Crippen LogP contribution in [0.1, 0.15) is 27.0 Å². The number of hydrogen-bond acceptors (Lipinski definition) is 3. The van der Waals surface area contributed by atoms with Crippen LogP contribution in [-0.2, 0) is 6.54 Å². The zero-order valence-electron chi connectivity index (χ0n) is 11.6. The van der Waals surface area contributed by atoms with E-state index in [0.717, 1.165) is 16.7 Å². The van der Waals surface area contributed by atoms with Crippen molar-refractivity contribution < 1.29 is 9.90 Å². The zero-order valence-corrected chi connectivity index (χ0v) is 11.6. The zero-order chi connectivity index (χ0) is 14.7. The Kier molecular flexibility index (Phi) is 3.94. The van der Waals surface area contributed by atoms with E-state index in [4.69, 9.17) is 5.73 Å². The molecule has 0 unspecified atom stereocenters. The summed E-state index contributed by atoms with van der Waals surface area (Å²) < 4.78 is 0. The molecule has 0 aliphatic heterocycles. The minimum atomic E-state index is -0.302. The predicted octanol–water partition coefficient (Wildman–Crippen LogP) is 2.52. The third-order valence-electron chi connectivity index (χ3n) is 3.33. The van der Waals surface area contributed by atoms with Gasteiger partial charge in [0.1, 0.15) is 5.75 Å². The minimum Gasteiger partial charge on any atom is -0.507 e. The summed E-state index contributed by atoms with van der Waals surface area (Å²) >= 11 is 0. The first-order valence-corrected chi connectivity index (χ1v) is 6.41. The Balaban J connectivity index is 2.11. The van der Waals surface area contributed by atoms with Crippen molar-refractivity contribution in [2.24, 2.45) is 0 Å². The first-order chi connectivity index (χ1) is 9.49. The Morgan fingerprint density at radius 1 is 1.25 bits per heavy atom. The van der Waals surface area contributed by atoms with E-state index >= 15 is 0 Å². The van der Waals surface area contributed by atoms with Crippen LogP contribution in [-0.4, -0.2) is 11.0 Å². The van der Waals surface area contributed by atoms with Crippen LogP contribution in [0, 0.1) is 13.8 Å². The Bertz CT molecular complexity index is 651. The van der Waals surface area contributed by atoms with Gasteiger partial charge in [0, 0.05) is 12.2 Å². The van der Waals surface area contributed by atoms with Crippen molar-refractivity contribution in [1.29, 1.82) is 0 Å². The van der Waals surface area contributed by atoms with Gasteiger partial charge in [0.25, 0.3) is 5.91 Å². The Morgan fingerprint density at radius 3 is 2.70 bits per heavy atom. The maximum Gasteiger partial charge on any atom is 0.255 e. The van der Waals surface area contributed by atoms with Crippen molar-refractivity contribution in [1.82, 2.24) is 5.32 Å². The SMILES string of the molecule is Cc1ccc(C(=O)NCc2cccc(N)c2C)c(O)c1. The molecular formula is C16H18N2O2. The lowest BCUT2D eigenvalue weighted by atomic mass is 10.1. The van der Waals surface area contributed by atoms with Gasteiger partial charge in [0.05, 0.1) is 5.56 Å². The molecular weight excluding hydrogens is 252 g/mol. The summed E-state index contributed by atoms with van der Waals surface area (Å²) in [6, 6.07) is 10.6. The fraction of sp³-hybridized carbons (Fsp3) is 0.188. The number of carbonyl (C=O) groups excluding carboxylic acids is 1. The van der Waals surface area contributed by atoms with Gasteiger partial charge in [-0.05, 0) is 48.7 Å². The van der Waals surface area contributed by atoms with Crippen LogP contribution < -0.4 is 11.1 Å². The Labute approximate surface area is 118 Å². The number of phenols is 1. The number of rotatable bonds is 3. The fourth-order valence-corrected chi connectivity index (χ4v) is 2.00. The quantitative estimate of drug-likeness (QED) is 0.750. The number of amides is 1. The molecule has 2 aromatic carbocycles. The molecule has 0 radical (unpaired) electrons. The van der Waals surface area contributed by atoms with Gasteiger partial charge in [-0.3, -0.25) is 4.79 Å². The number of aromatic hydroxyl groups is 1. The van der Waals surface area contributed by atoms with Crippen LogP contribution in [0.5, 0.6) is 5.75 Å². The van der Waals surface area contributed by atoms with Crippen molar-refractivity contribution in [3.8, 4) is 5.75 Å². The van der Waals surface area contributed by atoms with Crippen LogP contribution in [0.15, 0.2) is 36.4 Å². The third-order valence-corrected chi connectivity index (χ3v) is 3.33. The minimum absolute atomic E-state index is 0.00759. The number of phenolic OH excluding ortho intramolecular Hbond substituents is 1. The molecule has 4 nitrogen and oxygen atoms in total. The summed E-state index contributed by atoms with van der Waals surface area (Å²) in [7, 11) is 0. The maximum absolute atomic E-state index is 12.0. The molecule has 0 atom stereocenters. The van der Waals surface area contributed by atoms with Crippen molar-refractivity contribution >= 4 is 11.6 Å². The number of benzene rings is 2. The highest BCUT2D eigenvalue weighted by atomic mass is 16.3. The maximum atomic E-state index is 12.0. The van der Waals surface area contributed by atoms with Gasteiger partial charge in [-0.15, -0.1) is 0 Å². The summed E-state index contributed by atoms with van der Waals surface area (Å²) in [5, 5.41) is 12.6. The topological polar surface area (TPSA) is 75.4 Å². The standard InChI is InChI=1S/C16H18N2O2/c1-10-6-7-13(15(19)8-10)16(20)18-9-12-4-3-5-14(17)11(12)2/h3-8,19H,9,17H2,1-2H3,(H,18,20). The van der Waals surface area contributed by atoms with Crippen molar-refractivity contribution in [2.75, 3.05) is 5.73 Å². The fourth-order valence-electron chi connectivity index (χ4n) is 2.00. The first kappa shape index (κ1) is 13.9. The second-order valence-electron chi connectivity index (χ2n) is 4.83. The second kappa shape index (κ2) is 5.65. The van der Waals surface area contributed by atoms with Crippen LogP contribution >= 0.6 is 0 Å². The lowest BCUT2D eigenvalue weighted by Crippen LogP contribution is -2.23. The molecule has 0 saturated carbocycles. The number of carbonyl (C=O) groups is 1. The summed E-state index contributed by atoms with van der Waals surface area (Å²) in [5.41, 5.74) is 9.64. The number of anilines is 1. The molecule has 0 bridgehead atoms. The molecule has 0 spiro atoms. The highest BCUT2D eigenvalue weighted by Gasteiger charge is 2.11. The molecule has 0 aliphatic rings. The lowest BCUT2D eigenvalue weighted by Gasteiger charge is -2.10. The second-order valence-corrected chi connectivity index (χ2v) is 4.83. The average Bonchev–Trinajstić information content (AvgIpc) is 2.40. The molecule has 4 N–H and O–H groups in total. The van der Waals surface area contributed by atoms with Crippen molar-refractivity contribution in [3.05, 3.63) is 58.7 Å². The monoisotopic (exact) mass is 270 g/mol. The predicted molar refractivity (Wildman–Crippen MR) is 79.6 cm³/mol. The summed E-state index contributed by atoms with van der Waals surface area (Å²) in [4.78, 5) is 12.0. The largest absolute Gasteiger partial charge is 0.507 e. The number of nitrogens with two attached hydrogens (primary N) is 1. The molecule has 104 valence electrons. The number of hydrogen-bond donors (Lipinski definition) is 3. The van der Waals surface area contributed by atoms with Gasteiger partial charge >= 0.3 is 0 Å². The molecule has 2 aromatic rings. The van der Waals surface area contributed by atoms with E-state index in [-0.39, 0.29) is 17.2 Å². The molecule has 0 aliphatic carbocycles. The van der Waals surface area contributed by atoms with Crippen molar-refractivity contribution in [2.45, 2.75) is 20.4 Å². The van der Waals surface area contributed by atoms with Crippen molar-refractivity contribution in [3.63, 3.8) is 0 Å². The van der Waals surface area contributed by atoms with Crippen LogP contribution in [0.2, 0.25) is 0 Å². The Morgan fingerprint density at radius 2 is 2.00 bits per heavy atom. The highest BCUT2D eigenvalue weighted by Crippen LogP contribution is 2.19. The van der Waals surface area contributed by atoms with E-state index in [2.05, 4.69) is 5.32 Å². The van der Waals surface area contributed by atoms with Gasteiger partial charge in [-0.1, -0.05) is 18.2 Å². The number of nitrogen functional groups attached to an aromatic ring is 1. The van der Waals surface area contributed by atoms with E-state index in [1.807, 2.05) is 32.0 Å². The molecule has 20 heavy (non-hydrogen) atoms. The molecule has 1 amide bonds. The molecule has 0 fully saturated rings. The molecule has 2 rings (SSSR count). The highest BCUT2D eigenvalue weighted by molar-refractivity contribution is 5.96. The van der Waals surface area contributed by atoms with Gasteiger partial charge in [0.2, 0.25) is 0 Å². The van der Waals surface area contributed by atoms with Gasteiger partial charge in [0.15, 0.2) is 0 Å². The van der Waals surface area contributed by atoms with E-state index in [0.29, 0.717) is 12.2 Å². The van der Waals surface area contributed by atoms with Crippen LogP contribution in [0.3, 0.4) is 0 Å². The van der Waals surface area contributed by atoms with Gasteiger partial charge in [-0.2, -0.15) is 0 Å². The summed E-state index contributed by atoms with van der Waals surface area (Å²) in [6.45, 7) is 4.15. The van der Waals surface area contributed by atoms with Crippen LogP contribution in [0.4, 0.5) is 5.69 Å². The summed E-state index contributed by atoms with van der Waals surface area (Å²) in [6.07, 6.45) is 0. The lowest BCUT2D eigenvalue weighted by molar-refractivity contribution is 0.0948. The Hall–Kier alpha value is -2.49. The number of nitrogens with one attached hydrogen (secondary N) is 1. The van der Waals surface area contributed by atoms with Gasteiger partial charge < -0.3 is 16.2 Å². The molecule has 4 heteroatoms. The normalized spacial score (nSPS) is 10.3. The van der Waals surface area contributed by atoms with E-state index in [9.17, 15) is 9.90 Å². The summed E-state index contributed by atoms with van der Waals surface area (Å²) in [5.74, 6) is -0.309. The molecule has 0 heterocycles. The molecule has 0 saturated heterocycles.